The number of thioether (sulfide) groups is 1. The van der Waals surface area contributed by atoms with Gasteiger partial charge in [0.1, 0.15) is 0 Å². The number of hydrogen-bond acceptors (Lipinski definition) is 2. The lowest BCUT2D eigenvalue weighted by molar-refractivity contribution is 0.427. The first-order valence-electron chi connectivity index (χ1n) is 6.06. The van der Waals surface area contributed by atoms with E-state index in [1.54, 1.807) is 0 Å². The highest BCUT2D eigenvalue weighted by molar-refractivity contribution is 7.99. The Labute approximate surface area is 93.4 Å². The normalized spacial score (nSPS) is 21.9. The van der Waals surface area contributed by atoms with Crippen LogP contribution in [-0.2, 0) is 0 Å². The van der Waals surface area contributed by atoms with E-state index in [0.717, 1.165) is 11.2 Å². The minimum absolute atomic E-state index is 0.765. The van der Waals surface area contributed by atoms with Crippen molar-refractivity contribution >= 4 is 11.8 Å². The van der Waals surface area contributed by atoms with E-state index in [1.807, 2.05) is 11.8 Å². The molecule has 0 saturated heterocycles. The molecule has 1 rings (SSSR count). The summed E-state index contributed by atoms with van der Waals surface area (Å²) in [6.45, 7) is 4.73. The van der Waals surface area contributed by atoms with Crippen molar-refractivity contribution in [3.05, 3.63) is 0 Å². The zero-order valence-electron chi connectivity index (χ0n) is 9.72. The Morgan fingerprint density at radius 3 is 2.43 bits per heavy atom. The van der Waals surface area contributed by atoms with Gasteiger partial charge in [-0.25, -0.2) is 0 Å². The summed E-state index contributed by atoms with van der Waals surface area (Å²) < 4.78 is 0. The molecular weight excluding hydrogens is 190 g/mol. The smallest absolute Gasteiger partial charge is 0.0141 e. The summed E-state index contributed by atoms with van der Waals surface area (Å²) in [5.74, 6) is 0.964. The monoisotopic (exact) mass is 215 g/mol. The highest BCUT2D eigenvalue weighted by Gasteiger charge is 2.11. The predicted octanol–water partition coefficient (Wildman–Crippen LogP) is 3.30. The maximum atomic E-state index is 3.61. The van der Waals surface area contributed by atoms with Crippen LogP contribution in [0.3, 0.4) is 0 Å². The van der Waals surface area contributed by atoms with Crippen LogP contribution in [0.5, 0.6) is 0 Å². The molecule has 1 saturated carbocycles. The van der Waals surface area contributed by atoms with Crippen molar-refractivity contribution in [3.8, 4) is 0 Å². The topological polar surface area (TPSA) is 12.0 Å². The molecule has 0 heterocycles. The minimum atomic E-state index is 0.765. The van der Waals surface area contributed by atoms with Crippen LogP contribution >= 0.6 is 11.8 Å². The van der Waals surface area contributed by atoms with Gasteiger partial charge in [-0.05, 0) is 31.6 Å². The lowest BCUT2D eigenvalue weighted by atomic mass is 10.0. The quantitative estimate of drug-likeness (QED) is 0.706. The summed E-state index contributed by atoms with van der Waals surface area (Å²) in [6, 6.07) is 0. The van der Waals surface area contributed by atoms with Gasteiger partial charge < -0.3 is 5.32 Å². The van der Waals surface area contributed by atoms with Crippen LogP contribution in [0, 0.1) is 5.92 Å². The maximum Gasteiger partial charge on any atom is 0.0141 e. The van der Waals surface area contributed by atoms with Crippen LogP contribution in [0.15, 0.2) is 0 Å². The molecular formula is C12H25NS. The van der Waals surface area contributed by atoms with Gasteiger partial charge in [0.25, 0.3) is 0 Å². The fourth-order valence-corrected chi connectivity index (χ4v) is 2.43. The second kappa shape index (κ2) is 7.58. The highest BCUT2D eigenvalue weighted by Crippen LogP contribution is 2.22. The van der Waals surface area contributed by atoms with Crippen LogP contribution in [0.25, 0.3) is 0 Å². The van der Waals surface area contributed by atoms with Gasteiger partial charge in [0, 0.05) is 11.8 Å². The van der Waals surface area contributed by atoms with E-state index in [2.05, 4.69) is 18.5 Å². The first-order valence-corrected chi connectivity index (χ1v) is 7.35. The van der Waals surface area contributed by atoms with E-state index in [1.165, 1.54) is 51.6 Å². The minimum Gasteiger partial charge on any atom is -0.315 e. The van der Waals surface area contributed by atoms with Crippen molar-refractivity contribution in [2.75, 3.05) is 19.3 Å². The molecule has 1 N–H and O–H groups in total. The van der Waals surface area contributed by atoms with E-state index < -0.39 is 0 Å². The summed E-state index contributed by atoms with van der Waals surface area (Å²) in [7, 11) is 0. The second-order valence-corrected chi connectivity index (χ2v) is 5.84. The largest absolute Gasteiger partial charge is 0.315 e. The third kappa shape index (κ3) is 5.26. The molecule has 1 nitrogen and oxygen atoms in total. The SMILES string of the molecule is CSC(C)CNCC1CCCCCC1. The molecule has 1 unspecified atom stereocenters. The van der Waals surface area contributed by atoms with Crippen molar-refractivity contribution in [1.82, 2.24) is 5.32 Å². The predicted molar refractivity (Wildman–Crippen MR) is 67.0 cm³/mol. The van der Waals surface area contributed by atoms with E-state index >= 15 is 0 Å². The first-order chi connectivity index (χ1) is 6.83. The van der Waals surface area contributed by atoms with Gasteiger partial charge >= 0.3 is 0 Å². The zero-order chi connectivity index (χ0) is 10.2. The molecule has 1 fully saturated rings. The van der Waals surface area contributed by atoms with Gasteiger partial charge in [0.05, 0.1) is 0 Å². The first kappa shape index (κ1) is 12.4. The number of nitrogens with one attached hydrogen (secondary N) is 1. The van der Waals surface area contributed by atoms with E-state index in [0.29, 0.717) is 0 Å². The van der Waals surface area contributed by atoms with Crippen molar-refractivity contribution < 1.29 is 0 Å². The molecule has 2 heteroatoms. The molecule has 1 aliphatic carbocycles. The fourth-order valence-electron chi connectivity index (χ4n) is 2.14. The van der Waals surface area contributed by atoms with Gasteiger partial charge in [0.2, 0.25) is 0 Å². The van der Waals surface area contributed by atoms with Crippen LogP contribution in [-0.4, -0.2) is 24.6 Å². The third-order valence-corrected chi connectivity index (χ3v) is 4.21. The molecule has 0 aromatic rings. The Hall–Kier alpha value is 0.310. The zero-order valence-corrected chi connectivity index (χ0v) is 10.5. The fraction of sp³-hybridized carbons (Fsp3) is 1.00. The molecule has 1 atom stereocenters. The second-order valence-electron chi connectivity index (χ2n) is 4.56. The Morgan fingerprint density at radius 1 is 1.21 bits per heavy atom. The standard InChI is InChI=1S/C12H25NS/c1-11(14-2)9-13-10-12-7-5-3-4-6-8-12/h11-13H,3-10H2,1-2H3. The average molecular weight is 215 g/mol. The van der Waals surface area contributed by atoms with Crippen LogP contribution in [0.2, 0.25) is 0 Å². The third-order valence-electron chi connectivity index (χ3n) is 3.24. The van der Waals surface area contributed by atoms with Crippen LogP contribution < -0.4 is 5.32 Å². The molecule has 14 heavy (non-hydrogen) atoms. The molecule has 0 spiro atoms. The summed E-state index contributed by atoms with van der Waals surface area (Å²) in [6.07, 6.45) is 11.0. The van der Waals surface area contributed by atoms with Crippen LogP contribution in [0.4, 0.5) is 0 Å². The van der Waals surface area contributed by atoms with Gasteiger partial charge in [0.15, 0.2) is 0 Å². The molecule has 0 bridgehead atoms. The number of rotatable bonds is 5. The van der Waals surface area contributed by atoms with E-state index in [4.69, 9.17) is 0 Å². The molecule has 1 aliphatic rings. The Bertz CT molecular complexity index is 130. The van der Waals surface area contributed by atoms with Gasteiger partial charge in [-0.3, -0.25) is 0 Å². The van der Waals surface area contributed by atoms with E-state index in [-0.39, 0.29) is 0 Å². The summed E-state index contributed by atoms with van der Waals surface area (Å²) in [5, 5.41) is 4.38. The van der Waals surface area contributed by atoms with E-state index in [9.17, 15) is 0 Å². The van der Waals surface area contributed by atoms with Gasteiger partial charge in [-0.1, -0.05) is 32.6 Å². The molecule has 0 aliphatic heterocycles. The maximum absolute atomic E-state index is 3.61. The lowest BCUT2D eigenvalue weighted by Gasteiger charge is -2.16. The van der Waals surface area contributed by atoms with Crippen molar-refractivity contribution in [3.63, 3.8) is 0 Å². The van der Waals surface area contributed by atoms with Crippen molar-refractivity contribution in [1.29, 1.82) is 0 Å². The van der Waals surface area contributed by atoms with Gasteiger partial charge in [-0.15, -0.1) is 0 Å². The Balaban J connectivity index is 2.04. The van der Waals surface area contributed by atoms with Crippen molar-refractivity contribution in [2.24, 2.45) is 5.92 Å². The summed E-state index contributed by atoms with van der Waals surface area (Å²) in [5.41, 5.74) is 0. The van der Waals surface area contributed by atoms with Gasteiger partial charge in [-0.2, -0.15) is 11.8 Å². The molecule has 0 amide bonds. The molecule has 84 valence electrons. The number of hydrogen-bond donors (Lipinski definition) is 1. The summed E-state index contributed by atoms with van der Waals surface area (Å²) >= 11 is 1.95. The Morgan fingerprint density at radius 2 is 1.86 bits per heavy atom. The molecule has 0 radical (unpaired) electrons. The average Bonchev–Trinajstić information content (AvgIpc) is 2.46. The van der Waals surface area contributed by atoms with Crippen molar-refractivity contribution in [2.45, 2.75) is 50.7 Å². The molecule has 0 aromatic carbocycles. The Kier molecular flexibility index (Phi) is 6.70. The van der Waals surface area contributed by atoms with Crippen LogP contribution in [0.1, 0.15) is 45.4 Å². The lowest BCUT2D eigenvalue weighted by Crippen LogP contribution is -2.28. The highest BCUT2D eigenvalue weighted by atomic mass is 32.2. The summed E-state index contributed by atoms with van der Waals surface area (Å²) in [4.78, 5) is 0. The molecule has 0 aromatic heterocycles.